The molecule has 1 aliphatic rings. The number of hydrogen-bond acceptors (Lipinski definition) is 5. The maximum Gasteiger partial charge on any atom is 0.261 e. The first-order chi connectivity index (χ1) is 16.6. The van der Waals surface area contributed by atoms with Gasteiger partial charge in [-0.1, -0.05) is 24.3 Å². The third-order valence-corrected chi connectivity index (χ3v) is 6.43. The average molecular weight is 462 g/mol. The van der Waals surface area contributed by atoms with Crippen molar-refractivity contribution in [3.05, 3.63) is 95.2 Å². The van der Waals surface area contributed by atoms with Crippen molar-refractivity contribution in [3.63, 3.8) is 0 Å². The van der Waals surface area contributed by atoms with Gasteiger partial charge < -0.3 is 9.80 Å². The van der Waals surface area contributed by atoms with Gasteiger partial charge in [-0.2, -0.15) is 0 Å². The number of piperidine rings is 1. The molecule has 0 radical (unpaired) electrons. The van der Waals surface area contributed by atoms with Gasteiger partial charge in [-0.3, -0.25) is 9.36 Å². The summed E-state index contributed by atoms with van der Waals surface area (Å²) < 4.78 is 30.3. The van der Waals surface area contributed by atoms with Crippen molar-refractivity contribution < 1.29 is 8.78 Å². The number of aromatic nitrogens is 3. The van der Waals surface area contributed by atoms with E-state index >= 15 is 0 Å². The molecule has 2 aromatic carbocycles. The minimum Gasteiger partial charge on any atom is -0.322 e. The summed E-state index contributed by atoms with van der Waals surface area (Å²) in [6, 6.07) is 17.1. The summed E-state index contributed by atoms with van der Waals surface area (Å²) in [6.45, 7) is 2.71. The molecule has 1 saturated heterocycles. The lowest BCUT2D eigenvalue weighted by molar-refractivity contribution is 0.188. The summed E-state index contributed by atoms with van der Waals surface area (Å²) in [5, 5.41) is 0.635. The van der Waals surface area contributed by atoms with Crippen LogP contribution >= 0.6 is 0 Å². The second kappa shape index (κ2) is 9.69. The molecular formula is C26H25F2N5O. The monoisotopic (exact) mass is 461 g/mol. The average Bonchev–Trinajstić information content (AvgIpc) is 2.88. The Morgan fingerprint density at radius 3 is 2.53 bits per heavy atom. The highest BCUT2D eigenvalue weighted by molar-refractivity contribution is 5.76. The van der Waals surface area contributed by atoms with Gasteiger partial charge in [0.1, 0.15) is 5.82 Å². The lowest BCUT2D eigenvalue weighted by Gasteiger charge is -2.34. The summed E-state index contributed by atoms with van der Waals surface area (Å²) in [5.41, 5.74) is 0.870. The third kappa shape index (κ3) is 4.41. The number of pyridine rings is 1. The molecule has 4 aromatic rings. The van der Waals surface area contributed by atoms with Gasteiger partial charge in [0, 0.05) is 38.4 Å². The minimum absolute atomic E-state index is 0.00745. The van der Waals surface area contributed by atoms with Crippen LogP contribution in [-0.4, -0.2) is 45.6 Å². The number of nitrogens with zero attached hydrogens (tertiary/aromatic N) is 5. The van der Waals surface area contributed by atoms with Crippen molar-refractivity contribution in [3.8, 4) is 0 Å². The Bertz CT molecular complexity index is 1340. The van der Waals surface area contributed by atoms with Crippen LogP contribution in [0.15, 0.2) is 78.0 Å². The summed E-state index contributed by atoms with van der Waals surface area (Å²) >= 11 is 0. The fourth-order valence-corrected chi connectivity index (χ4v) is 4.58. The van der Waals surface area contributed by atoms with E-state index in [1.54, 1.807) is 40.2 Å². The molecule has 0 amide bonds. The second-order valence-electron chi connectivity index (χ2n) is 8.46. The Kier molecular flexibility index (Phi) is 6.31. The minimum atomic E-state index is -0.881. The van der Waals surface area contributed by atoms with Gasteiger partial charge in [-0.05, 0) is 49.2 Å². The molecule has 0 spiro atoms. The van der Waals surface area contributed by atoms with E-state index < -0.39 is 11.6 Å². The van der Waals surface area contributed by atoms with Crippen LogP contribution in [-0.2, 0) is 0 Å². The summed E-state index contributed by atoms with van der Waals surface area (Å²) in [5.74, 6) is -1.20. The highest BCUT2D eigenvalue weighted by Crippen LogP contribution is 2.28. The molecular weight excluding hydrogens is 436 g/mol. The summed E-state index contributed by atoms with van der Waals surface area (Å²) in [6.07, 6.45) is 4.93. The molecule has 2 aromatic heterocycles. The van der Waals surface area contributed by atoms with Crippen molar-refractivity contribution in [2.45, 2.75) is 18.9 Å². The maximum absolute atomic E-state index is 14.6. The maximum atomic E-state index is 14.6. The molecule has 6 nitrogen and oxygen atoms in total. The summed E-state index contributed by atoms with van der Waals surface area (Å²) in [4.78, 5) is 25.7. The molecule has 0 atom stereocenters. The topological polar surface area (TPSA) is 54.3 Å². The van der Waals surface area contributed by atoms with E-state index in [2.05, 4.69) is 14.9 Å². The van der Waals surface area contributed by atoms with Gasteiger partial charge >= 0.3 is 0 Å². The number of rotatable bonds is 6. The normalized spacial score (nSPS) is 15.0. The predicted molar refractivity (Wildman–Crippen MR) is 128 cm³/mol. The number of anilines is 2. The second-order valence-corrected chi connectivity index (χ2v) is 8.46. The lowest BCUT2D eigenvalue weighted by atomic mass is 10.0. The zero-order valence-corrected chi connectivity index (χ0v) is 18.6. The van der Waals surface area contributed by atoms with E-state index in [1.807, 2.05) is 30.3 Å². The highest BCUT2D eigenvalue weighted by Gasteiger charge is 2.24. The number of halogens is 2. The van der Waals surface area contributed by atoms with Crippen LogP contribution < -0.4 is 10.5 Å². The number of fused-ring (bicyclic) bond motifs is 1. The van der Waals surface area contributed by atoms with Crippen molar-refractivity contribution in [1.29, 1.82) is 0 Å². The SMILES string of the molecule is O=c1c2ccccc2ncn1C1CCN(CCN(c2ccccn2)c2cccc(F)c2F)CC1. The van der Waals surface area contributed by atoms with E-state index in [9.17, 15) is 13.6 Å². The van der Waals surface area contributed by atoms with Gasteiger partial charge in [-0.25, -0.2) is 18.7 Å². The lowest BCUT2D eigenvalue weighted by Crippen LogP contribution is -2.41. The molecule has 0 aliphatic carbocycles. The van der Waals surface area contributed by atoms with E-state index in [0.29, 0.717) is 29.8 Å². The standard InChI is InChI=1S/C26H25F2N5O/c27-21-7-5-9-23(25(21)28)32(24-10-3-4-13-29-24)17-16-31-14-11-19(12-15-31)33-18-30-22-8-2-1-6-20(22)26(33)34/h1-10,13,18-19H,11-12,14-17H2. The predicted octanol–water partition coefficient (Wildman–Crippen LogP) is 4.54. The van der Waals surface area contributed by atoms with Gasteiger partial charge in [0.05, 0.1) is 22.9 Å². The Labute approximate surface area is 196 Å². The number of hydrogen-bond donors (Lipinski definition) is 0. The number of benzene rings is 2. The van der Waals surface area contributed by atoms with Crippen molar-refractivity contribution >= 4 is 22.4 Å². The molecule has 0 N–H and O–H groups in total. The zero-order valence-electron chi connectivity index (χ0n) is 18.6. The quantitative estimate of drug-likeness (QED) is 0.422. The van der Waals surface area contributed by atoms with Gasteiger partial charge in [-0.15, -0.1) is 0 Å². The van der Waals surface area contributed by atoms with Crippen LogP contribution in [0.2, 0.25) is 0 Å². The van der Waals surface area contributed by atoms with E-state index in [1.165, 1.54) is 6.07 Å². The molecule has 1 aliphatic heterocycles. The van der Waals surface area contributed by atoms with Crippen LogP contribution in [0.25, 0.3) is 10.9 Å². The number of para-hydroxylation sites is 1. The Hall–Kier alpha value is -3.65. The van der Waals surface area contributed by atoms with Crippen molar-refractivity contribution in [2.24, 2.45) is 0 Å². The van der Waals surface area contributed by atoms with Gasteiger partial charge in [0.25, 0.3) is 5.56 Å². The van der Waals surface area contributed by atoms with Crippen LogP contribution in [0.3, 0.4) is 0 Å². The Balaban J connectivity index is 1.28. The van der Waals surface area contributed by atoms with Crippen LogP contribution in [0.4, 0.5) is 20.3 Å². The van der Waals surface area contributed by atoms with Gasteiger partial charge in [0.15, 0.2) is 11.6 Å². The molecule has 8 heteroatoms. The summed E-state index contributed by atoms with van der Waals surface area (Å²) in [7, 11) is 0. The Morgan fingerprint density at radius 2 is 1.74 bits per heavy atom. The first-order valence-corrected chi connectivity index (χ1v) is 11.4. The van der Waals surface area contributed by atoms with Crippen LogP contribution in [0.1, 0.15) is 18.9 Å². The molecule has 0 unspecified atom stereocenters. The molecule has 0 bridgehead atoms. The molecule has 5 rings (SSSR count). The molecule has 1 fully saturated rings. The van der Waals surface area contributed by atoms with Crippen LogP contribution in [0.5, 0.6) is 0 Å². The van der Waals surface area contributed by atoms with Crippen LogP contribution in [0, 0.1) is 11.6 Å². The van der Waals surface area contributed by atoms with E-state index in [4.69, 9.17) is 0 Å². The van der Waals surface area contributed by atoms with E-state index in [-0.39, 0.29) is 17.3 Å². The van der Waals surface area contributed by atoms with Crippen molar-refractivity contribution in [1.82, 2.24) is 19.4 Å². The van der Waals surface area contributed by atoms with Crippen molar-refractivity contribution in [2.75, 3.05) is 31.1 Å². The smallest absolute Gasteiger partial charge is 0.261 e. The molecule has 174 valence electrons. The number of likely N-dealkylation sites (tertiary alicyclic amines) is 1. The van der Waals surface area contributed by atoms with E-state index in [0.717, 1.165) is 32.0 Å². The third-order valence-electron chi connectivity index (χ3n) is 6.43. The first-order valence-electron chi connectivity index (χ1n) is 11.4. The molecule has 0 saturated carbocycles. The molecule has 34 heavy (non-hydrogen) atoms. The molecule has 3 heterocycles. The fraction of sp³-hybridized carbons (Fsp3) is 0.269. The largest absolute Gasteiger partial charge is 0.322 e. The first kappa shape index (κ1) is 22.2. The highest BCUT2D eigenvalue weighted by atomic mass is 19.2. The fourth-order valence-electron chi connectivity index (χ4n) is 4.58. The van der Waals surface area contributed by atoms with Gasteiger partial charge in [0.2, 0.25) is 0 Å². The Morgan fingerprint density at radius 1 is 0.941 bits per heavy atom. The zero-order chi connectivity index (χ0) is 23.5.